The van der Waals surface area contributed by atoms with Crippen molar-refractivity contribution in [1.82, 2.24) is 5.32 Å². The van der Waals surface area contributed by atoms with Crippen LogP contribution in [0, 0.1) is 0 Å². The van der Waals surface area contributed by atoms with E-state index in [4.69, 9.17) is 21.1 Å². The van der Waals surface area contributed by atoms with Gasteiger partial charge in [0.15, 0.2) is 0 Å². The first kappa shape index (κ1) is 15.9. The number of nitrogens with zero attached hydrogens (tertiary/aromatic N) is 1. The van der Waals surface area contributed by atoms with E-state index in [1.807, 2.05) is 0 Å². The van der Waals surface area contributed by atoms with Crippen LogP contribution < -0.4 is 10.1 Å². The molecule has 1 aliphatic rings. The third-order valence-electron chi connectivity index (χ3n) is 3.19. The van der Waals surface area contributed by atoms with Gasteiger partial charge in [-0.15, -0.1) is 0 Å². The molecule has 1 fully saturated rings. The molecule has 1 aromatic carbocycles. The summed E-state index contributed by atoms with van der Waals surface area (Å²) in [6.45, 7) is 1.22. The van der Waals surface area contributed by atoms with E-state index in [9.17, 15) is 4.79 Å². The van der Waals surface area contributed by atoms with Crippen LogP contribution in [0.25, 0.3) is 0 Å². The predicted molar refractivity (Wildman–Crippen MR) is 84.0 cm³/mol. The molecule has 1 N–H and O–H groups in total. The van der Waals surface area contributed by atoms with E-state index in [1.54, 1.807) is 0 Å². The van der Waals surface area contributed by atoms with Gasteiger partial charge in [0.25, 0.3) is 5.91 Å². The molecule has 0 aliphatic carbocycles. The van der Waals surface area contributed by atoms with E-state index in [-0.39, 0.29) is 12.0 Å². The molecule has 1 heterocycles. The number of thiocarbonyl (C=S) groups is 1. The van der Waals surface area contributed by atoms with Crippen LogP contribution in [0.5, 0.6) is 5.75 Å². The molecule has 1 unspecified atom stereocenters. The van der Waals surface area contributed by atoms with Gasteiger partial charge in [0.1, 0.15) is 5.75 Å². The van der Waals surface area contributed by atoms with E-state index in [2.05, 4.69) is 27.7 Å². The van der Waals surface area contributed by atoms with Gasteiger partial charge in [-0.2, -0.15) is 4.99 Å². The SMILES string of the molecule is COc1cc(Cl)c(N=C=S)cc1C(=O)NCC1CCCO1. The molecule has 0 spiro atoms. The van der Waals surface area contributed by atoms with E-state index in [0.717, 1.165) is 19.4 Å². The largest absolute Gasteiger partial charge is 0.496 e. The van der Waals surface area contributed by atoms with Crippen LogP contribution >= 0.6 is 23.8 Å². The van der Waals surface area contributed by atoms with Gasteiger partial charge in [0.2, 0.25) is 0 Å². The Bertz CT molecular complexity index is 582. The zero-order valence-corrected chi connectivity index (χ0v) is 13.1. The van der Waals surface area contributed by atoms with E-state index < -0.39 is 0 Å². The van der Waals surface area contributed by atoms with Crippen molar-refractivity contribution in [2.45, 2.75) is 18.9 Å². The number of ether oxygens (including phenoxy) is 2. The monoisotopic (exact) mass is 326 g/mol. The van der Waals surface area contributed by atoms with E-state index >= 15 is 0 Å². The summed E-state index contributed by atoms with van der Waals surface area (Å²) in [6, 6.07) is 3.07. The topological polar surface area (TPSA) is 59.9 Å². The number of halogens is 1. The van der Waals surface area contributed by atoms with Crippen LogP contribution in [0.1, 0.15) is 23.2 Å². The summed E-state index contributed by atoms with van der Waals surface area (Å²) in [4.78, 5) is 16.1. The Morgan fingerprint density at radius 1 is 1.67 bits per heavy atom. The summed E-state index contributed by atoms with van der Waals surface area (Å²) in [5.74, 6) is 0.119. The number of isothiocyanates is 1. The van der Waals surface area contributed by atoms with Crippen molar-refractivity contribution >= 4 is 40.6 Å². The number of rotatable bonds is 5. The summed E-state index contributed by atoms with van der Waals surface area (Å²) in [5, 5.41) is 5.41. The lowest BCUT2D eigenvalue weighted by atomic mass is 10.1. The molecule has 1 atom stereocenters. The molecule has 1 aliphatic heterocycles. The number of hydrogen-bond acceptors (Lipinski definition) is 5. The molecule has 7 heteroatoms. The van der Waals surface area contributed by atoms with E-state index in [0.29, 0.717) is 28.6 Å². The Hall–Kier alpha value is -1.46. The maximum absolute atomic E-state index is 12.3. The molecule has 0 radical (unpaired) electrons. The first-order valence-corrected chi connectivity index (χ1v) is 7.29. The minimum atomic E-state index is -0.264. The number of nitrogens with one attached hydrogen (secondary N) is 1. The predicted octanol–water partition coefficient (Wildman–Crippen LogP) is 2.99. The van der Waals surface area contributed by atoms with Crippen LogP contribution in [0.3, 0.4) is 0 Å². The van der Waals surface area contributed by atoms with E-state index in [1.165, 1.54) is 19.2 Å². The van der Waals surface area contributed by atoms with Crippen LogP contribution in [-0.4, -0.2) is 37.4 Å². The molecule has 0 aromatic heterocycles. The minimum Gasteiger partial charge on any atom is -0.496 e. The van der Waals surface area contributed by atoms with Crippen LogP contribution in [0.2, 0.25) is 5.02 Å². The zero-order chi connectivity index (χ0) is 15.2. The Morgan fingerprint density at radius 2 is 2.48 bits per heavy atom. The second-order valence-electron chi connectivity index (χ2n) is 4.55. The molecule has 5 nitrogen and oxygen atoms in total. The van der Waals surface area contributed by atoms with Crippen molar-refractivity contribution in [3.63, 3.8) is 0 Å². The van der Waals surface area contributed by atoms with Crippen molar-refractivity contribution in [3.8, 4) is 5.75 Å². The standard InChI is InChI=1S/C14H15ClN2O3S/c1-19-13-6-11(15)12(17-8-21)5-10(13)14(18)16-7-9-3-2-4-20-9/h5-6,9H,2-4,7H2,1H3,(H,16,18). The Morgan fingerprint density at radius 3 is 3.10 bits per heavy atom. The number of aliphatic imine (C=N–C) groups is 1. The lowest BCUT2D eigenvalue weighted by Crippen LogP contribution is -2.32. The molecular formula is C14H15ClN2O3S. The number of carbonyl (C=O) groups excluding carboxylic acids is 1. The van der Waals surface area contributed by atoms with Gasteiger partial charge in [-0.25, -0.2) is 0 Å². The summed E-state index contributed by atoms with van der Waals surface area (Å²) in [5.41, 5.74) is 0.735. The Balaban J connectivity index is 2.17. The van der Waals surface area contributed by atoms with Gasteiger partial charge in [-0.05, 0) is 31.1 Å². The van der Waals surface area contributed by atoms with Crippen molar-refractivity contribution in [1.29, 1.82) is 0 Å². The highest BCUT2D eigenvalue weighted by molar-refractivity contribution is 7.78. The third kappa shape index (κ3) is 4.02. The molecule has 1 aromatic rings. The summed E-state index contributed by atoms with van der Waals surface area (Å²) >= 11 is 10.6. The van der Waals surface area contributed by atoms with Crippen LogP contribution in [-0.2, 0) is 4.74 Å². The minimum absolute atomic E-state index is 0.0747. The smallest absolute Gasteiger partial charge is 0.255 e. The molecule has 0 saturated carbocycles. The number of carbonyl (C=O) groups is 1. The maximum Gasteiger partial charge on any atom is 0.255 e. The quantitative estimate of drug-likeness (QED) is 0.667. The van der Waals surface area contributed by atoms with Crippen molar-refractivity contribution in [3.05, 3.63) is 22.7 Å². The lowest BCUT2D eigenvalue weighted by Gasteiger charge is -2.13. The average Bonchev–Trinajstić information content (AvgIpc) is 3.00. The molecule has 112 valence electrons. The summed E-state index contributed by atoms with van der Waals surface area (Å²) < 4.78 is 10.7. The second-order valence-corrected chi connectivity index (χ2v) is 5.14. The zero-order valence-electron chi connectivity index (χ0n) is 11.5. The van der Waals surface area contributed by atoms with Gasteiger partial charge >= 0.3 is 0 Å². The van der Waals surface area contributed by atoms with Gasteiger partial charge in [-0.3, -0.25) is 4.79 Å². The van der Waals surface area contributed by atoms with Gasteiger partial charge in [0, 0.05) is 19.2 Å². The third-order valence-corrected chi connectivity index (χ3v) is 3.59. The molecule has 1 amide bonds. The number of methoxy groups -OCH3 is 1. The number of hydrogen-bond donors (Lipinski definition) is 1. The summed E-state index contributed by atoms with van der Waals surface area (Å²) in [6.07, 6.45) is 2.06. The Labute approximate surface area is 133 Å². The van der Waals surface area contributed by atoms with Gasteiger partial charge < -0.3 is 14.8 Å². The molecule has 1 saturated heterocycles. The normalized spacial score (nSPS) is 17.1. The average molecular weight is 327 g/mol. The van der Waals surface area contributed by atoms with Crippen molar-refractivity contribution in [2.75, 3.05) is 20.3 Å². The highest BCUT2D eigenvalue weighted by Gasteiger charge is 2.19. The fraction of sp³-hybridized carbons (Fsp3) is 0.429. The summed E-state index contributed by atoms with van der Waals surface area (Å²) in [7, 11) is 1.48. The maximum atomic E-state index is 12.3. The van der Waals surface area contributed by atoms with Crippen molar-refractivity contribution < 1.29 is 14.3 Å². The number of amides is 1. The molecule has 21 heavy (non-hydrogen) atoms. The molecular weight excluding hydrogens is 312 g/mol. The first-order valence-electron chi connectivity index (χ1n) is 6.51. The van der Waals surface area contributed by atoms with Gasteiger partial charge in [-0.1, -0.05) is 11.6 Å². The second kappa shape index (κ2) is 7.52. The van der Waals surface area contributed by atoms with Crippen LogP contribution in [0.4, 0.5) is 5.69 Å². The fourth-order valence-corrected chi connectivity index (χ4v) is 2.43. The molecule has 2 rings (SSSR count). The number of benzene rings is 1. The van der Waals surface area contributed by atoms with Gasteiger partial charge in [0.05, 0.1) is 34.6 Å². The highest BCUT2D eigenvalue weighted by atomic mass is 35.5. The highest BCUT2D eigenvalue weighted by Crippen LogP contribution is 2.32. The van der Waals surface area contributed by atoms with Crippen LogP contribution in [0.15, 0.2) is 17.1 Å². The fourth-order valence-electron chi connectivity index (χ4n) is 2.13. The lowest BCUT2D eigenvalue weighted by molar-refractivity contribution is 0.0855. The molecule has 0 bridgehead atoms. The van der Waals surface area contributed by atoms with Crippen molar-refractivity contribution in [2.24, 2.45) is 4.99 Å². The first-order chi connectivity index (χ1) is 10.2. The Kier molecular flexibility index (Phi) is 5.70.